The summed E-state index contributed by atoms with van der Waals surface area (Å²) >= 11 is 1.75. The van der Waals surface area contributed by atoms with Gasteiger partial charge in [-0.3, -0.25) is 4.79 Å². The third kappa shape index (κ3) is 3.61. The first-order valence-electron chi connectivity index (χ1n) is 7.94. The van der Waals surface area contributed by atoms with E-state index in [1.165, 1.54) is 4.88 Å². The fourth-order valence-electron chi connectivity index (χ4n) is 3.22. The maximum atomic E-state index is 12.4. The fourth-order valence-corrected chi connectivity index (χ4v) is 3.98. The second-order valence-electron chi connectivity index (χ2n) is 6.09. The number of thiophene rings is 1. The van der Waals surface area contributed by atoms with Gasteiger partial charge in [0.1, 0.15) is 5.60 Å². The summed E-state index contributed by atoms with van der Waals surface area (Å²) in [5.41, 5.74) is -0.386. The van der Waals surface area contributed by atoms with Crippen LogP contribution < -0.4 is 5.32 Å². The molecule has 0 saturated carbocycles. The van der Waals surface area contributed by atoms with E-state index in [-0.39, 0.29) is 17.6 Å². The minimum absolute atomic E-state index is 0.228. The van der Waals surface area contributed by atoms with Crippen LogP contribution in [-0.4, -0.2) is 42.1 Å². The van der Waals surface area contributed by atoms with Crippen LogP contribution in [0.25, 0.3) is 0 Å². The van der Waals surface area contributed by atoms with Gasteiger partial charge in [0, 0.05) is 30.8 Å². The molecule has 2 aliphatic heterocycles. The average Bonchev–Trinajstić information content (AvgIpc) is 3.07. The van der Waals surface area contributed by atoms with Crippen molar-refractivity contribution in [2.24, 2.45) is 0 Å². The van der Waals surface area contributed by atoms with Crippen molar-refractivity contribution in [2.45, 2.75) is 44.1 Å². The van der Waals surface area contributed by atoms with Crippen molar-refractivity contribution < 1.29 is 14.3 Å². The van der Waals surface area contributed by atoms with Crippen molar-refractivity contribution in [3.05, 3.63) is 22.4 Å². The second-order valence-corrected chi connectivity index (χ2v) is 7.13. The van der Waals surface area contributed by atoms with Gasteiger partial charge in [0.15, 0.2) is 0 Å². The van der Waals surface area contributed by atoms with Gasteiger partial charge in [0.25, 0.3) is 0 Å². The summed E-state index contributed by atoms with van der Waals surface area (Å²) in [6, 6.07) is 4.17. The molecule has 1 unspecified atom stereocenters. The molecule has 5 nitrogen and oxygen atoms in total. The number of rotatable bonds is 4. The van der Waals surface area contributed by atoms with Crippen LogP contribution >= 0.6 is 11.3 Å². The number of nitrogens with zero attached hydrogens (tertiary/aromatic N) is 1. The number of alkyl carbamates (subject to hydrolysis) is 1. The fraction of sp³-hybridized carbons (Fsp3) is 0.625. The van der Waals surface area contributed by atoms with Crippen molar-refractivity contribution in [1.29, 1.82) is 0 Å². The van der Waals surface area contributed by atoms with E-state index in [0.717, 1.165) is 38.6 Å². The quantitative estimate of drug-likeness (QED) is 0.927. The number of aryl methyl sites for hydroxylation is 1. The third-order valence-corrected chi connectivity index (χ3v) is 5.44. The molecule has 3 rings (SSSR count). The molecule has 120 valence electrons. The van der Waals surface area contributed by atoms with Gasteiger partial charge in [0.2, 0.25) is 5.91 Å². The maximum absolute atomic E-state index is 12.4. The molecule has 0 radical (unpaired) electrons. The molecule has 2 aliphatic rings. The lowest BCUT2D eigenvalue weighted by molar-refractivity contribution is -0.131. The minimum atomic E-state index is -0.386. The molecular formula is C16H22N2O3S. The molecule has 1 atom stereocenters. The lowest BCUT2D eigenvalue weighted by atomic mass is 9.95. The SMILES string of the molecule is O=C1NCC2(CCCN(C(=O)CCCc3cccs3)CC2)O1. The van der Waals surface area contributed by atoms with E-state index in [1.54, 1.807) is 11.3 Å². The first-order chi connectivity index (χ1) is 10.7. The number of ether oxygens (including phenoxy) is 1. The molecule has 0 bridgehead atoms. The zero-order valence-electron chi connectivity index (χ0n) is 12.7. The molecular weight excluding hydrogens is 300 g/mol. The molecule has 1 aromatic rings. The van der Waals surface area contributed by atoms with Gasteiger partial charge in [-0.1, -0.05) is 6.07 Å². The minimum Gasteiger partial charge on any atom is -0.441 e. The molecule has 0 aromatic carbocycles. The van der Waals surface area contributed by atoms with Crippen LogP contribution in [0.2, 0.25) is 0 Å². The van der Waals surface area contributed by atoms with E-state index in [9.17, 15) is 9.59 Å². The summed E-state index contributed by atoms with van der Waals surface area (Å²) in [7, 11) is 0. The maximum Gasteiger partial charge on any atom is 0.407 e. The van der Waals surface area contributed by atoms with Crippen molar-refractivity contribution in [1.82, 2.24) is 10.2 Å². The number of carbonyl (C=O) groups excluding carboxylic acids is 2. The van der Waals surface area contributed by atoms with Gasteiger partial charge in [-0.15, -0.1) is 11.3 Å². The van der Waals surface area contributed by atoms with E-state index in [2.05, 4.69) is 16.8 Å². The number of hydrogen-bond donors (Lipinski definition) is 1. The molecule has 6 heteroatoms. The number of likely N-dealkylation sites (tertiary alicyclic amines) is 1. The van der Waals surface area contributed by atoms with Crippen LogP contribution in [-0.2, 0) is 16.0 Å². The van der Waals surface area contributed by atoms with Gasteiger partial charge in [-0.05, 0) is 37.1 Å². The highest BCUT2D eigenvalue weighted by Crippen LogP contribution is 2.29. The van der Waals surface area contributed by atoms with Crippen LogP contribution in [0.4, 0.5) is 4.79 Å². The predicted molar refractivity (Wildman–Crippen MR) is 84.9 cm³/mol. The van der Waals surface area contributed by atoms with Gasteiger partial charge >= 0.3 is 6.09 Å². The topological polar surface area (TPSA) is 58.6 Å². The summed E-state index contributed by atoms with van der Waals surface area (Å²) in [6.07, 6.45) is 4.62. The van der Waals surface area contributed by atoms with E-state index in [4.69, 9.17) is 4.74 Å². The van der Waals surface area contributed by atoms with Gasteiger partial charge in [-0.25, -0.2) is 4.79 Å². The Bertz CT molecular complexity index is 532. The Kier molecular flexibility index (Phi) is 4.66. The summed E-state index contributed by atoms with van der Waals surface area (Å²) < 4.78 is 5.44. The standard InChI is InChI=1S/C16H22N2O3S/c19-14(6-1-4-13-5-2-11-22-13)18-9-3-7-16(8-10-18)12-17-15(20)21-16/h2,5,11H,1,3-4,6-10,12H2,(H,17,20). The highest BCUT2D eigenvalue weighted by molar-refractivity contribution is 7.09. The summed E-state index contributed by atoms with van der Waals surface area (Å²) in [4.78, 5) is 26.9. The predicted octanol–water partition coefficient (Wildman–Crippen LogP) is 2.56. The van der Waals surface area contributed by atoms with E-state index in [1.807, 2.05) is 11.0 Å². The van der Waals surface area contributed by atoms with Crippen LogP contribution in [0.5, 0.6) is 0 Å². The lowest BCUT2D eigenvalue weighted by Crippen LogP contribution is -2.36. The zero-order valence-corrected chi connectivity index (χ0v) is 13.5. The van der Waals surface area contributed by atoms with Gasteiger partial charge in [0.05, 0.1) is 6.54 Å². The third-order valence-electron chi connectivity index (χ3n) is 4.51. The first kappa shape index (κ1) is 15.3. The summed E-state index contributed by atoms with van der Waals surface area (Å²) in [5, 5.41) is 4.81. The highest BCUT2D eigenvalue weighted by Gasteiger charge is 2.41. The molecule has 1 aromatic heterocycles. The van der Waals surface area contributed by atoms with Crippen LogP contribution in [0.1, 0.15) is 37.0 Å². The Morgan fingerprint density at radius 3 is 3.05 bits per heavy atom. The largest absolute Gasteiger partial charge is 0.441 e. The van der Waals surface area contributed by atoms with E-state index < -0.39 is 0 Å². The number of nitrogens with one attached hydrogen (secondary N) is 1. The summed E-state index contributed by atoms with van der Waals surface area (Å²) in [6.45, 7) is 2.04. The average molecular weight is 322 g/mol. The zero-order chi connectivity index (χ0) is 15.4. The monoisotopic (exact) mass is 322 g/mol. The smallest absolute Gasteiger partial charge is 0.407 e. The van der Waals surface area contributed by atoms with Crippen molar-refractivity contribution in [2.75, 3.05) is 19.6 Å². The first-order valence-corrected chi connectivity index (χ1v) is 8.82. The molecule has 1 spiro atoms. The Morgan fingerprint density at radius 2 is 2.32 bits per heavy atom. The Labute approximate surface area is 134 Å². The van der Waals surface area contributed by atoms with Crippen LogP contribution in [0.3, 0.4) is 0 Å². The highest BCUT2D eigenvalue weighted by atomic mass is 32.1. The molecule has 1 N–H and O–H groups in total. The molecule has 0 aliphatic carbocycles. The Balaban J connectivity index is 1.46. The Hall–Kier alpha value is -1.56. The van der Waals surface area contributed by atoms with Crippen molar-refractivity contribution >= 4 is 23.3 Å². The van der Waals surface area contributed by atoms with Crippen molar-refractivity contribution in [3.8, 4) is 0 Å². The molecule has 2 amide bonds. The number of hydrogen-bond acceptors (Lipinski definition) is 4. The summed E-state index contributed by atoms with van der Waals surface area (Å²) in [5.74, 6) is 0.228. The molecule has 3 heterocycles. The molecule has 2 fully saturated rings. The normalized spacial score (nSPS) is 24.9. The Morgan fingerprint density at radius 1 is 1.41 bits per heavy atom. The lowest BCUT2D eigenvalue weighted by Gasteiger charge is -2.25. The van der Waals surface area contributed by atoms with Gasteiger partial charge in [-0.2, -0.15) is 0 Å². The molecule has 22 heavy (non-hydrogen) atoms. The van der Waals surface area contributed by atoms with Gasteiger partial charge < -0.3 is 15.0 Å². The van der Waals surface area contributed by atoms with Crippen LogP contribution in [0, 0.1) is 0 Å². The van der Waals surface area contributed by atoms with Crippen LogP contribution in [0.15, 0.2) is 17.5 Å². The van der Waals surface area contributed by atoms with E-state index in [0.29, 0.717) is 19.5 Å². The molecule has 2 saturated heterocycles. The number of amides is 2. The second kappa shape index (κ2) is 6.69. The van der Waals surface area contributed by atoms with E-state index >= 15 is 0 Å². The number of carbonyl (C=O) groups is 2. The van der Waals surface area contributed by atoms with Crippen molar-refractivity contribution in [3.63, 3.8) is 0 Å².